The molecule has 1 unspecified atom stereocenters. The van der Waals surface area contributed by atoms with Crippen LogP contribution in [0, 0.1) is 0 Å². The average molecular weight is 295 g/mol. The second-order valence-electron chi connectivity index (χ2n) is 4.50. The third kappa shape index (κ3) is 6.65. The van der Waals surface area contributed by atoms with Gasteiger partial charge in [0.15, 0.2) is 13.2 Å². The summed E-state index contributed by atoms with van der Waals surface area (Å²) in [6, 6.07) is 6.87. The van der Waals surface area contributed by atoms with Gasteiger partial charge in [0, 0.05) is 6.04 Å². The van der Waals surface area contributed by atoms with Gasteiger partial charge in [0.05, 0.1) is 7.11 Å². The Balaban J connectivity index is 2.25. The number of hydrogen-bond acceptors (Lipinski definition) is 5. The van der Waals surface area contributed by atoms with Crippen molar-refractivity contribution in [3.8, 4) is 11.5 Å². The number of rotatable bonds is 8. The fourth-order valence-electron chi connectivity index (χ4n) is 1.42. The number of nitrogens with one attached hydrogen (secondary N) is 1. The molecule has 0 radical (unpaired) electrons. The van der Waals surface area contributed by atoms with E-state index in [0.717, 1.165) is 6.42 Å². The second kappa shape index (κ2) is 8.84. The van der Waals surface area contributed by atoms with E-state index in [-0.39, 0.29) is 25.2 Å². The maximum Gasteiger partial charge on any atom is 0.344 e. The standard InChI is InChI=1S/C15H21NO5/c1-4-11(2)16-14(17)9-21-15(18)10-20-13-7-5-12(19-3)6-8-13/h5-8,11H,4,9-10H2,1-3H3,(H,16,17). The van der Waals surface area contributed by atoms with E-state index in [1.807, 2.05) is 13.8 Å². The fraction of sp³-hybridized carbons (Fsp3) is 0.467. The van der Waals surface area contributed by atoms with E-state index in [0.29, 0.717) is 11.5 Å². The molecule has 21 heavy (non-hydrogen) atoms. The zero-order valence-corrected chi connectivity index (χ0v) is 12.5. The van der Waals surface area contributed by atoms with E-state index >= 15 is 0 Å². The highest BCUT2D eigenvalue weighted by Gasteiger charge is 2.10. The predicted molar refractivity (Wildman–Crippen MR) is 77.3 cm³/mol. The van der Waals surface area contributed by atoms with Gasteiger partial charge in [-0.3, -0.25) is 4.79 Å². The summed E-state index contributed by atoms with van der Waals surface area (Å²) in [5.74, 6) is 0.315. The Bertz CT molecular complexity index is 458. The van der Waals surface area contributed by atoms with Crippen molar-refractivity contribution in [2.45, 2.75) is 26.3 Å². The molecule has 0 bridgehead atoms. The van der Waals surface area contributed by atoms with Gasteiger partial charge in [0.2, 0.25) is 0 Å². The number of esters is 1. The molecule has 1 aromatic carbocycles. The highest BCUT2D eigenvalue weighted by molar-refractivity contribution is 5.81. The molecule has 0 aliphatic heterocycles. The third-order valence-electron chi connectivity index (χ3n) is 2.80. The Labute approximate surface area is 124 Å². The van der Waals surface area contributed by atoms with Crippen LogP contribution in [0.2, 0.25) is 0 Å². The minimum absolute atomic E-state index is 0.0618. The maximum atomic E-state index is 11.4. The summed E-state index contributed by atoms with van der Waals surface area (Å²) in [6.07, 6.45) is 0.820. The van der Waals surface area contributed by atoms with Crippen molar-refractivity contribution in [3.05, 3.63) is 24.3 Å². The molecule has 1 N–H and O–H groups in total. The molecule has 0 aliphatic carbocycles. The number of ether oxygens (including phenoxy) is 3. The van der Waals surface area contributed by atoms with Crippen molar-refractivity contribution in [1.82, 2.24) is 5.32 Å². The summed E-state index contributed by atoms with van der Waals surface area (Å²) in [7, 11) is 1.57. The molecule has 1 amide bonds. The topological polar surface area (TPSA) is 73.9 Å². The molecule has 1 aromatic rings. The molecule has 0 aliphatic rings. The lowest BCUT2D eigenvalue weighted by Gasteiger charge is -2.11. The second-order valence-corrected chi connectivity index (χ2v) is 4.50. The Morgan fingerprint density at radius 1 is 1.14 bits per heavy atom. The average Bonchev–Trinajstić information content (AvgIpc) is 2.51. The highest BCUT2D eigenvalue weighted by atomic mass is 16.6. The van der Waals surface area contributed by atoms with Crippen molar-refractivity contribution >= 4 is 11.9 Å². The summed E-state index contributed by atoms with van der Waals surface area (Å²) >= 11 is 0. The van der Waals surface area contributed by atoms with Crippen LogP contribution in [0.4, 0.5) is 0 Å². The molecule has 1 rings (SSSR count). The Morgan fingerprint density at radius 2 is 1.76 bits per heavy atom. The zero-order chi connectivity index (χ0) is 15.7. The number of methoxy groups -OCH3 is 1. The van der Waals surface area contributed by atoms with Crippen molar-refractivity contribution in [2.24, 2.45) is 0 Å². The van der Waals surface area contributed by atoms with Gasteiger partial charge in [-0.25, -0.2) is 4.79 Å². The van der Waals surface area contributed by atoms with Crippen LogP contribution in [0.5, 0.6) is 11.5 Å². The largest absolute Gasteiger partial charge is 0.497 e. The van der Waals surface area contributed by atoms with Crippen LogP contribution in [-0.4, -0.2) is 38.2 Å². The van der Waals surface area contributed by atoms with Crippen molar-refractivity contribution in [2.75, 3.05) is 20.3 Å². The summed E-state index contributed by atoms with van der Waals surface area (Å²) in [5, 5.41) is 2.70. The normalized spacial score (nSPS) is 11.4. The molecule has 0 aromatic heterocycles. The van der Waals surface area contributed by atoms with E-state index in [9.17, 15) is 9.59 Å². The fourth-order valence-corrected chi connectivity index (χ4v) is 1.42. The first-order chi connectivity index (χ1) is 10.0. The highest BCUT2D eigenvalue weighted by Crippen LogP contribution is 2.16. The van der Waals surface area contributed by atoms with E-state index in [4.69, 9.17) is 14.2 Å². The quantitative estimate of drug-likeness (QED) is 0.736. The molecule has 0 heterocycles. The first-order valence-electron chi connectivity index (χ1n) is 6.77. The monoisotopic (exact) mass is 295 g/mol. The van der Waals surface area contributed by atoms with Gasteiger partial charge in [-0.1, -0.05) is 6.92 Å². The van der Waals surface area contributed by atoms with E-state index < -0.39 is 5.97 Å². The summed E-state index contributed by atoms with van der Waals surface area (Å²) in [4.78, 5) is 22.9. The van der Waals surface area contributed by atoms with Gasteiger partial charge >= 0.3 is 5.97 Å². The minimum atomic E-state index is -0.592. The smallest absolute Gasteiger partial charge is 0.344 e. The van der Waals surface area contributed by atoms with Crippen LogP contribution in [0.15, 0.2) is 24.3 Å². The van der Waals surface area contributed by atoms with E-state index in [1.165, 1.54) is 0 Å². The number of benzene rings is 1. The number of hydrogen-bond donors (Lipinski definition) is 1. The molecule has 0 saturated carbocycles. The van der Waals surface area contributed by atoms with Crippen LogP contribution in [0.3, 0.4) is 0 Å². The lowest BCUT2D eigenvalue weighted by Crippen LogP contribution is -2.35. The van der Waals surface area contributed by atoms with Gasteiger partial charge in [-0.2, -0.15) is 0 Å². The number of amides is 1. The van der Waals surface area contributed by atoms with Crippen LogP contribution in [-0.2, 0) is 14.3 Å². The molecular weight excluding hydrogens is 274 g/mol. The molecule has 0 fully saturated rings. The molecule has 6 nitrogen and oxygen atoms in total. The van der Waals surface area contributed by atoms with Gasteiger partial charge < -0.3 is 19.5 Å². The van der Waals surface area contributed by atoms with Crippen molar-refractivity contribution < 1.29 is 23.8 Å². The predicted octanol–water partition coefficient (Wildman–Crippen LogP) is 1.53. The van der Waals surface area contributed by atoms with E-state index in [1.54, 1.807) is 31.4 Å². The minimum Gasteiger partial charge on any atom is -0.497 e. The van der Waals surface area contributed by atoms with Crippen LogP contribution in [0.1, 0.15) is 20.3 Å². The number of carbonyl (C=O) groups excluding carboxylic acids is 2. The lowest BCUT2D eigenvalue weighted by molar-refractivity contribution is -0.150. The first-order valence-corrected chi connectivity index (χ1v) is 6.77. The third-order valence-corrected chi connectivity index (χ3v) is 2.80. The zero-order valence-electron chi connectivity index (χ0n) is 12.5. The first kappa shape index (κ1) is 16.8. The molecule has 0 spiro atoms. The van der Waals surface area contributed by atoms with Crippen LogP contribution >= 0.6 is 0 Å². The summed E-state index contributed by atoms with van der Waals surface area (Å²) < 4.78 is 15.1. The molecule has 116 valence electrons. The van der Waals surface area contributed by atoms with Crippen molar-refractivity contribution in [1.29, 1.82) is 0 Å². The molecular formula is C15H21NO5. The SMILES string of the molecule is CCC(C)NC(=O)COC(=O)COc1ccc(OC)cc1. The lowest BCUT2D eigenvalue weighted by atomic mass is 10.2. The van der Waals surface area contributed by atoms with Crippen LogP contribution < -0.4 is 14.8 Å². The molecule has 0 saturated heterocycles. The van der Waals surface area contributed by atoms with Gasteiger partial charge in [0.25, 0.3) is 5.91 Å². The van der Waals surface area contributed by atoms with Crippen molar-refractivity contribution in [3.63, 3.8) is 0 Å². The van der Waals surface area contributed by atoms with Crippen LogP contribution in [0.25, 0.3) is 0 Å². The van der Waals surface area contributed by atoms with Gasteiger partial charge in [-0.05, 0) is 37.6 Å². The van der Waals surface area contributed by atoms with E-state index in [2.05, 4.69) is 5.32 Å². The summed E-state index contributed by atoms with van der Waals surface area (Å²) in [5.41, 5.74) is 0. The Kier molecular flexibility index (Phi) is 7.08. The number of carbonyl (C=O) groups is 2. The Hall–Kier alpha value is -2.24. The molecule has 1 atom stereocenters. The summed E-state index contributed by atoms with van der Waals surface area (Å²) in [6.45, 7) is 3.30. The van der Waals surface area contributed by atoms with Gasteiger partial charge in [-0.15, -0.1) is 0 Å². The van der Waals surface area contributed by atoms with Gasteiger partial charge in [0.1, 0.15) is 11.5 Å². The Morgan fingerprint density at radius 3 is 2.33 bits per heavy atom. The maximum absolute atomic E-state index is 11.4. The molecule has 6 heteroatoms.